The Bertz CT molecular complexity index is 738. The van der Waals surface area contributed by atoms with Gasteiger partial charge in [-0.15, -0.1) is 0 Å². The van der Waals surface area contributed by atoms with E-state index in [0.717, 1.165) is 6.07 Å². The highest BCUT2D eigenvalue weighted by Gasteiger charge is 2.16. The summed E-state index contributed by atoms with van der Waals surface area (Å²) >= 11 is 0. The van der Waals surface area contributed by atoms with E-state index in [1.165, 1.54) is 37.3 Å². The number of hydrogen-bond acceptors (Lipinski definition) is 2. The van der Waals surface area contributed by atoms with Crippen LogP contribution in [0.25, 0.3) is 0 Å². The van der Waals surface area contributed by atoms with E-state index < -0.39 is 36.1 Å². The van der Waals surface area contributed by atoms with Crippen molar-refractivity contribution in [2.45, 2.75) is 26.1 Å². The average Bonchev–Trinajstić information content (AvgIpc) is 2.56. The normalized spacial score (nSPS) is 11.9. The van der Waals surface area contributed by atoms with Gasteiger partial charge in [0.25, 0.3) is 0 Å². The molecule has 0 saturated heterocycles. The molecule has 7 heteroatoms. The summed E-state index contributed by atoms with van der Waals surface area (Å²) in [6, 6.07) is 6.54. The lowest BCUT2D eigenvalue weighted by molar-refractivity contribution is 0.237. The van der Waals surface area contributed by atoms with E-state index in [2.05, 4.69) is 10.6 Å². The highest BCUT2D eigenvalue weighted by Crippen LogP contribution is 2.18. The van der Waals surface area contributed by atoms with Crippen molar-refractivity contribution < 1.29 is 23.1 Å². The quantitative estimate of drug-likeness (QED) is 0.784. The number of amides is 2. The number of aliphatic hydroxyl groups is 1. The molecule has 0 aliphatic carbocycles. The standard InChI is InChI=1S/C17H17F3N2O2/c1-10(13-3-2-4-15(19)16(13)20)22-17(24)21-8-11-5-6-14(18)12(7-11)9-23/h2-7,10,23H,8-9H2,1H3,(H2,21,22,24). The zero-order chi connectivity index (χ0) is 17.7. The molecule has 4 nitrogen and oxygen atoms in total. The first-order valence-electron chi connectivity index (χ1n) is 7.28. The van der Waals surface area contributed by atoms with Gasteiger partial charge in [-0.1, -0.05) is 18.2 Å². The smallest absolute Gasteiger partial charge is 0.315 e. The third-order valence-electron chi connectivity index (χ3n) is 3.53. The van der Waals surface area contributed by atoms with Gasteiger partial charge in [0.2, 0.25) is 0 Å². The Morgan fingerprint density at radius 3 is 2.62 bits per heavy atom. The Morgan fingerprint density at radius 1 is 1.17 bits per heavy atom. The number of carbonyl (C=O) groups is 1. The van der Waals surface area contributed by atoms with E-state index in [4.69, 9.17) is 5.11 Å². The fourth-order valence-corrected chi connectivity index (χ4v) is 2.22. The van der Waals surface area contributed by atoms with Crippen molar-refractivity contribution in [3.8, 4) is 0 Å². The summed E-state index contributed by atoms with van der Waals surface area (Å²) in [6.45, 7) is 1.18. The van der Waals surface area contributed by atoms with Gasteiger partial charge in [0.1, 0.15) is 5.82 Å². The molecule has 0 heterocycles. The number of benzene rings is 2. The van der Waals surface area contributed by atoms with Crippen LogP contribution in [-0.4, -0.2) is 11.1 Å². The maximum absolute atomic E-state index is 13.7. The minimum atomic E-state index is -1.00. The Hall–Kier alpha value is -2.54. The molecular weight excluding hydrogens is 321 g/mol. The van der Waals surface area contributed by atoms with Crippen molar-refractivity contribution in [1.82, 2.24) is 10.6 Å². The van der Waals surface area contributed by atoms with Crippen LogP contribution in [0.4, 0.5) is 18.0 Å². The van der Waals surface area contributed by atoms with E-state index in [-0.39, 0.29) is 17.7 Å². The van der Waals surface area contributed by atoms with E-state index >= 15 is 0 Å². The van der Waals surface area contributed by atoms with Gasteiger partial charge >= 0.3 is 6.03 Å². The van der Waals surface area contributed by atoms with E-state index in [0.29, 0.717) is 5.56 Å². The zero-order valence-corrected chi connectivity index (χ0v) is 12.9. The molecule has 0 fully saturated rings. The lowest BCUT2D eigenvalue weighted by Gasteiger charge is -2.16. The molecule has 1 unspecified atom stereocenters. The first kappa shape index (κ1) is 17.8. The van der Waals surface area contributed by atoms with Crippen LogP contribution in [0.1, 0.15) is 29.7 Å². The Kier molecular flexibility index (Phi) is 5.81. The van der Waals surface area contributed by atoms with Gasteiger partial charge in [0, 0.05) is 17.7 Å². The summed E-state index contributed by atoms with van der Waals surface area (Å²) < 4.78 is 40.1. The van der Waals surface area contributed by atoms with Crippen molar-refractivity contribution in [3.63, 3.8) is 0 Å². The summed E-state index contributed by atoms with van der Waals surface area (Å²) in [6.07, 6.45) is 0. The van der Waals surface area contributed by atoms with Gasteiger partial charge in [-0.25, -0.2) is 18.0 Å². The second-order valence-corrected chi connectivity index (χ2v) is 5.28. The molecule has 2 aromatic carbocycles. The Labute approximate surface area is 137 Å². The van der Waals surface area contributed by atoms with Crippen LogP contribution >= 0.6 is 0 Å². The SMILES string of the molecule is CC(NC(=O)NCc1ccc(F)c(CO)c1)c1cccc(F)c1F. The van der Waals surface area contributed by atoms with Gasteiger partial charge < -0.3 is 15.7 Å². The molecule has 3 N–H and O–H groups in total. The van der Waals surface area contributed by atoms with Crippen LogP contribution in [0.5, 0.6) is 0 Å². The second-order valence-electron chi connectivity index (χ2n) is 5.28. The third kappa shape index (κ3) is 4.26. The zero-order valence-electron chi connectivity index (χ0n) is 12.9. The van der Waals surface area contributed by atoms with Crippen LogP contribution in [0.3, 0.4) is 0 Å². The van der Waals surface area contributed by atoms with Crippen LogP contribution in [0.15, 0.2) is 36.4 Å². The maximum atomic E-state index is 13.7. The average molecular weight is 338 g/mol. The second kappa shape index (κ2) is 7.83. The van der Waals surface area contributed by atoms with E-state index in [1.54, 1.807) is 0 Å². The van der Waals surface area contributed by atoms with Gasteiger partial charge in [-0.3, -0.25) is 0 Å². The molecule has 0 bridgehead atoms. The van der Waals surface area contributed by atoms with Gasteiger partial charge in [-0.2, -0.15) is 0 Å². The highest BCUT2D eigenvalue weighted by atomic mass is 19.2. The van der Waals surface area contributed by atoms with E-state index in [9.17, 15) is 18.0 Å². The molecule has 0 saturated carbocycles. The summed E-state index contributed by atoms with van der Waals surface area (Å²) in [5.41, 5.74) is 0.764. The van der Waals surface area contributed by atoms with Crippen molar-refractivity contribution in [2.75, 3.05) is 0 Å². The van der Waals surface area contributed by atoms with Crippen LogP contribution < -0.4 is 10.6 Å². The first-order valence-corrected chi connectivity index (χ1v) is 7.28. The number of aliphatic hydroxyl groups excluding tert-OH is 1. The molecule has 128 valence electrons. The van der Waals surface area contributed by atoms with Crippen LogP contribution in [0.2, 0.25) is 0 Å². The molecule has 24 heavy (non-hydrogen) atoms. The molecule has 0 aliphatic heterocycles. The topological polar surface area (TPSA) is 61.4 Å². The summed E-state index contributed by atoms with van der Waals surface area (Å²) in [7, 11) is 0. The Morgan fingerprint density at radius 2 is 1.92 bits per heavy atom. The van der Waals surface area contributed by atoms with Gasteiger partial charge in [0.15, 0.2) is 11.6 Å². The maximum Gasteiger partial charge on any atom is 0.315 e. The molecule has 1 atom stereocenters. The largest absolute Gasteiger partial charge is 0.392 e. The van der Waals surface area contributed by atoms with Gasteiger partial charge in [-0.05, 0) is 30.7 Å². The van der Waals surface area contributed by atoms with E-state index in [1.807, 2.05) is 0 Å². The lowest BCUT2D eigenvalue weighted by Crippen LogP contribution is -2.37. The molecule has 0 aromatic heterocycles. The predicted molar refractivity (Wildman–Crippen MR) is 82.5 cm³/mol. The van der Waals surface area contributed by atoms with Crippen LogP contribution in [-0.2, 0) is 13.2 Å². The predicted octanol–water partition coefficient (Wildman–Crippen LogP) is 3.16. The van der Waals surface area contributed by atoms with Crippen LogP contribution in [0, 0.1) is 17.5 Å². The molecule has 2 aromatic rings. The van der Waals surface area contributed by atoms with Crippen molar-refractivity contribution >= 4 is 6.03 Å². The number of halogens is 3. The summed E-state index contributed by atoms with van der Waals surface area (Å²) in [5, 5.41) is 14.0. The van der Waals surface area contributed by atoms with Crippen molar-refractivity contribution in [1.29, 1.82) is 0 Å². The fourth-order valence-electron chi connectivity index (χ4n) is 2.22. The molecule has 0 spiro atoms. The minimum Gasteiger partial charge on any atom is -0.392 e. The molecular formula is C17H17F3N2O2. The first-order chi connectivity index (χ1) is 11.4. The number of nitrogens with one attached hydrogen (secondary N) is 2. The fraction of sp³-hybridized carbons (Fsp3) is 0.235. The third-order valence-corrected chi connectivity index (χ3v) is 3.53. The molecule has 2 amide bonds. The van der Waals surface area contributed by atoms with Gasteiger partial charge in [0.05, 0.1) is 12.6 Å². The molecule has 0 aliphatic rings. The molecule has 0 radical (unpaired) electrons. The number of carbonyl (C=O) groups excluding carboxylic acids is 1. The number of hydrogen-bond donors (Lipinski definition) is 3. The van der Waals surface area contributed by atoms with Crippen molar-refractivity contribution in [2.24, 2.45) is 0 Å². The minimum absolute atomic E-state index is 0.0366. The number of urea groups is 1. The van der Waals surface area contributed by atoms with Crippen molar-refractivity contribution in [3.05, 3.63) is 70.5 Å². The summed E-state index contributed by atoms with van der Waals surface area (Å²) in [4.78, 5) is 11.9. The number of rotatable bonds is 5. The lowest BCUT2D eigenvalue weighted by atomic mass is 10.1. The summed E-state index contributed by atoms with van der Waals surface area (Å²) in [5.74, 6) is -2.51. The highest BCUT2D eigenvalue weighted by molar-refractivity contribution is 5.74. The molecule has 2 rings (SSSR count). The monoisotopic (exact) mass is 338 g/mol. The Balaban J connectivity index is 1.94.